The Hall–Kier alpha value is -1.69. The van der Waals surface area contributed by atoms with Gasteiger partial charge in [-0.05, 0) is 44.0 Å². The number of ether oxygens (including phenoxy) is 1. The van der Waals surface area contributed by atoms with E-state index < -0.39 is 6.61 Å². The molecule has 1 aromatic rings. The molecule has 1 amide bonds. The fourth-order valence-corrected chi connectivity index (χ4v) is 2.82. The Bertz CT molecular complexity index is 499. The van der Waals surface area contributed by atoms with Crippen molar-refractivity contribution in [3.63, 3.8) is 0 Å². The molecule has 1 saturated heterocycles. The van der Waals surface area contributed by atoms with Gasteiger partial charge in [0.1, 0.15) is 5.75 Å². The van der Waals surface area contributed by atoms with E-state index in [0.717, 1.165) is 24.9 Å². The third-order valence-electron chi connectivity index (χ3n) is 4.03. The summed E-state index contributed by atoms with van der Waals surface area (Å²) in [5.41, 5.74) is 0.510. The molecule has 0 aromatic heterocycles. The summed E-state index contributed by atoms with van der Waals surface area (Å²) in [5.74, 6) is 0.226. The van der Waals surface area contributed by atoms with Crippen LogP contribution in [0.15, 0.2) is 24.3 Å². The Balaban J connectivity index is 1.96. The van der Waals surface area contributed by atoms with Crippen molar-refractivity contribution in [1.29, 1.82) is 0 Å². The van der Waals surface area contributed by atoms with Crippen LogP contribution in [0.5, 0.6) is 5.75 Å². The largest absolute Gasteiger partial charge is 0.435 e. The summed E-state index contributed by atoms with van der Waals surface area (Å²) < 4.78 is 28.5. The van der Waals surface area contributed by atoms with Crippen molar-refractivity contribution in [3.05, 3.63) is 29.8 Å². The first-order valence-electron chi connectivity index (χ1n) is 7.41. The summed E-state index contributed by atoms with van der Waals surface area (Å²) in [6, 6.07) is 6.37. The van der Waals surface area contributed by atoms with Crippen LogP contribution in [0.25, 0.3) is 0 Å². The van der Waals surface area contributed by atoms with Gasteiger partial charge in [0.05, 0.1) is 5.41 Å². The van der Waals surface area contributed by atoms with Gasteiger partial charge in [-0.2, -0.15) is 8.78 Å². The standard InChI is InChI=1S/C16H22F2N2O2/c1-16(8-3-9-19-11-16)14(21)20(2)10-12-4-6-13(7-5-12)22-15(17)18/h4-7,15,19H,3,8-11H2,1-2H3. The topological polar surface area (TPSA) is 41.6 Å². The van der Waals surface area contributed by atoms with Crippen molar-refractivity contribution in [2.75, 3.05) is 20.1 Å². The second-order valence-corrected chi connectivity index (χ2v) is 6.02. The van der Waals surface area contributed by atoms with Gasteiger partial charge in [0, 0.05) is 20.1 Å². The number of amides is 1. The summed E-state index contributed by atoms with van der Waals surface area (Å²) in [6.45, 7) is 1.25. The number of piperidine rings is 1. The van der Waals surface area contributed by atoms with E-state index in [1.54, 1.807) is 24.1 Å². The molecule has 0 spiro atoms. The normalized spacial score (nSPS) is 21.7. The van der Waals surface area contributed by atoms with E-state index in [1.807, 2.05) is 6.92 Å². The van der Waals surface area contributed by atoms with Crippen molar-refractivity contribution < 1.29 is 18.3 Å². The molecular weight excluding hydrogens is 290 g/mol. The van der Waals surface area contributed by atoms with Crippen LogP contribution in [-0.2, 0) is 11.3 Å². The Morgan fingerprint density at radius 1 is 1.41 bits per heavy atom. The number of hydrogen-bond donors (Lipinski definition) is 1. The molecular formula is C16H22F2N2O2. The molecule has 1 unspecified atom stereocenters. The lowest BCUT2D eigenvalue weighted by atomic mass is 9.81. The van der Waals surface area contributed by atoms with Crippen LogP contribution in [-0.4, -0.2) is 37.6 Å². The van der Waals surface area contributed by atoms with E-state index in [1.165, 1.54) is 12.1 Å². The summed E-state index contributed by atoms with van der Waals surface area (Å²) in [4.78, 5) is 14.3. The molecule has 22 heavy (non-hydrogen) atoms. The van der Waals surface area contributed by atoms with Gasteiger partial charge in [-0.1, -0.05) is 12.1 Å². The molecule has 0 bridgehead atoms. The minimum absolute atomic E-state index is 0.104. The average Bonchev–Trinajstić information content (AvgIpc) is 2.48. The number of carbonyl (C=O) groups excluding carboxylic acids is 1. The zero-order chi connectivity index (χ0) is 16.2. The SMILES string of the molecule is CN(Cc1ccc(OC(F)F)cc1)C(=O)C1(C)CCCNC1. The molecule has 6 heteroatoms. The van der Waals surface area contributed by atoms with Crippen LogP contribution in [0.1, 0.15) is 25.3 Å². The third kappa shape index (κ3) is 4.16. The molecule has 1 atom stereocenters. The zero-order valence-corrected chi connectivity index (χ0v) is 12.9. The molecule has 0 radical (unpaired) electrons. The highest BCUT2D eigenvalue weighted by molar-refractivity contribution is 5.82. The molecule has 0 aliphatic carbocycles. The lowest BCUT2D eigenvalue weighted by Crippen LogP contribution is -2.48. The third-order valence-corrected chi connectivity index (χ3v) is 4.03. The van der Waals surface area contributed by atoms with Crippen molar-refractivity contribution in [2.24, 2.45) is 5.41 Å². The highest BCUT2D eigenvalue weighted by atomic mass is 19.3. The highest BCUT2D eigenvalue weighted by Gasteiger charge is 2.36. The van der Waals surface area contributed by atoms with Gasteiger partial charge in [-0.3, -0.25) is 4.79 Å². The molecule has 1 aromatic carbocycles. The first kappa shape index (κ1) is 16.7. The number of rotatable bonds is 5. The number of benzene rings is 1. The van der Waals surface area contributed by atoms with Crippen LogP contribution in [0.2, 0.25) is 0 Å². The molecule has 1 aliphatic heterocycles. The predicted octanol–water partition coefficient (Wildman–Crippen LogP) is 2.64. The minimum atomic E-state index is -2.83. The maximum Gasteiger partial charge on any atom is 0.387 e. The fourth-order valence-electron chi connectivity index (χ4n) is 2.82. The number of nitrogens with one attached hydrogen (secondary N) is 1. The predicted molar refractivity (Wildman–Crippen MR) is 79.8 cm³/mol. The summed E-state index contributed by atoms with van der Waals surface area (Å²) >= 11 is 0. The molecule has 122 valence electrons. The van der Waals surface area contributed by atoms with E-state index >= 15 is 0 Å². The molecule has 1 aliphatic rings. The number of halogens is 2. The van der Waals surface area contributed by atoms with Gasteiger partial charge in [-0.25, -0.2) is 0 Å². The van der Waals surface area contributed by atoms with Crippen molar-refractivity contribution >= 4 is 5.91 Å². The number of alkyl halides is 2. The second-order valence-electron chi connectivity index (χ2n) is 6.02. The fraction of sp³-hybridized carbons (Fsp3) is 0.562. The zero-order valence-electron chi connectivity index (χ0n) is 12.9. The van der Waals surface area contributed by atoms with Crippen LogP contribution >= 0.6 is 0 Å². The lowest BCUT2D eigenvalue weighted by Gasteiger charge is -2.36. The van der Waals surface area contributed by atoms with Gasteiger partial charge in [-0.15, -0.1) is 0 Å². The second kappa shape index (κ2) is 7.05. The van der Waals surface area contributed by atoms with Gasteiger partial charge < -0.3 is 15.0 Å². The van der Waals surface area contributed by atoms with Crippen molar-refractivity contribution in [1.82, 2.24) is 10.2 Å². The van der Waals surface area contributed by atoms with Crippen LogP contribution in [0.4, 0.5) is 8.78 Å². The number of hydrogen-bond acceptors (Lipinski definition) is 3. The van der Waals surface area contributed by atoms with Crippen LogP contribution in [0, 0.1) is 5.41 Å². The summed E-state index contributed by atoms with van der Waals surface area (Å²) in [6.07, 6.45) is 1.88. The van der Waals surface area contributed by atoms with Gasteiger partial charge >= 0.3 is 6.61 Å². The average molecular weight is 312 g/mol. The Morgan fingerprint density at radius 3 is 2.64 bits per heavy atom. The first-order valence-corrected chi connectivity index (χ1v) is 7.41. The number of carbonyl (C=O) groups is 1. The first-order chi connectivity index (χ1) is 10.4. The molecule has 1 fully saturated rings. The van der Waals surface area contributed by atoms with Crippen LogP contribution in [0.3, 0.4) is 0 Å². The smallest absolute Gasteiger partial charge is 0.387 e. The Kier molecular flexibility index (Phi) is 5.34. The minimum Gasteiger partial charge on any atom is -0.435 e. The Labute approximate surface area is 129 Å². The summed E-state index contributed by atoms with van der Waals surface area (Å²) in [7, 11) is 1.77. The molecule has 1 heterocycles. The van der Waals surface area contributed by atoms with E-state index in [0.29, 0.717) is 13.1 Å². The summed E-state index contributed by atoms with van der Waals surface area (Å²) in [5, 5.41) is 3.27. The maximum atomic E-state index is 12.6. The van der Waals surface area contributed by atoms with E-state index in [9.17, 15) is 13.6 Å². The Morgan fingerprint density at radius 2 is 2.09 bits per heavy atom. The van der Waals surface area contributed by atoms with Crippen LogP contribution < -0.4 is 10.1 Å². The van der Waals surface area contributed by atoms with Crippen molar-refractivity contribution in [2.45, 2.75) is 32.9 Å². The maximum absolute atomic E-state index is 12.6. The van der Waals surface area contributed by atoms with E-state index in [-0.39, 0.29) is 17.1 Å². The quantitative estimate of drug-likeness (QED) is 0.909. The molecule has 2 rings (SSSR count). The molecule has 4 nitrogen and oxygen atoms in total. The van der Waals surface area contributed by atoms with Gasteiger partial charge in [0.25, 0.3) is 0 Å². The van der Waals surface area contributed by atoms with Gasteiger partial charge in [0.2, 0.25) is 5.91 Å². The monoisotopic (exact) mass is 312 g/mol. The van der Waals surface area contributed by atoms with Gasteiger partial charge in [0.15, 0.2) is 0 Å². The van der Waals surface area contributed by atoms with E-state index in [2.05, 4.69) is 10.1 Å². The lowest BCUT2D eigenvalue weighted by molar-refractivity contribution is -0.141. The number of nitrogens with zero attached hydrogens (tertiary/aromatic N) is 1. The van der Waals surface area contributed by atoms with Crippen molar-refractivity contribution in [3.8, 4) is 5.75 Å². The molecule has 1 N–H and O–H groups in total. The molecule has 0 saturated carbocycles. The highest BCUT2D eigenvalue weighted by Crippen LogP contribution is 2.28. The van der Waals surface area contributed by atoms with E-state index in [4.69, 9.17) is 0 Å².